The summed E-state index contributed by atoms with van der Waals surface area (Å²) in [4.78, 5) is 4.03. The summed E-state index contributed by atoms with van der Waals surface area (Å²) in [6.45, 7) is 0. The topological polar surface area (TPSA) is 52.8 Å². The number of halogens is 2. The number of hydrogen-bond acceptors (Lipinski definition) is 5. The maximum Gasteiger partial charge on any atom is 0.248 e. The van der Waals surface area contributed by atoms with Crippen LogP contribution >= 0.6 is 11.8 Å². The molecule has 0 aromatic carbocycles. The highest BCUT2D eigenvalue weighted by Crippen LogP contribution is 2.21. The minimum absolute atomic E-state index is 0.317. The zero-order chi connectivity index (χ0) is 13.0. The molecular weight excluding hydrogens is 262 g/mol. The number of rotatable bonds is 5. The van der Waals surface area contributed by atoms with Crippen LogP contribution in [0.4, 0.5) is 8.78 Å². The van der Waals surface area contributed by atoms with E-state index in [4.69, 9.17) is 4.74 Å². The zero-order valence-corrected chi connectivity index (χ0v) is 10.3. The predicted octanol–water partition coefficient (Wildman–Crippen LogP) is 2.03. The fourth-order valence-corrected chi connectivity index (χ4v) is 1.94. The number of ether oxygens (including phenoxy) is 1. The number of hydrogen-bond donors (Lipinski definition) is 0. The van der Waals surface area contributed by atoms with E-state index >= 15 is 0 Å². The highest BCUT2D eigenvalue weighted by atomic mass is 32.2. The predicted molar refractivity (Wildman–Crippen MR) is 62.4 cm³/mol. The molecule has 0 aliphatic carbocycles. The summed E-state index contributed by atoms with van der Waals surface area (Å²) in [5, 5.41) is 7.90. The molecular formula is C10H10F2N4OS. The van der Waals surface area contributed by atoms with Gasteiger partial charge in [-0.05, 0) is 6.07 Å². The number of pyridine rings is 1. The molecule has 2 heterocycles. The smallest absolute Gasteiger partial charge is 0.248 e. The number of alkyl halides is 2. The molecule has 0 unspecified atom stereocenters. The summed E-state index contributed by atoms with van der Waals surface area (Å²) in [7, 11) is 1.52. The van der Waals surface area contributed by atoms with Crippen molar-refractivity contribution in [2.24, 2.45) is 0 Å². The molecule has 0 atom stereocenters. The van der Waals surface area contributed by atoms with Crippen LogP contribution < -0.4 is 4.74 Å². The lowest BCUT2D eigenvalue weighted by Gasteiger charge is -2.06. The van der Waals surface area contributed by atoms with Crippen molar-refractivity contribution < 1.29 is 13.5 Å². The molecule has 18 heavy (non-hydrogen) atoms. The third-order valence-corrected chi connectivity index (χ3v) is 3.02. The van der Waals surface area contributed by atoms with Gasteiger partial charge in [-0.25, -0.2) is 13.8 Å². The first-order valence-electron chi connectivity index (χ1n) is 5.02. The van der Waals surface area contributed by atoms with E-state index in [9.17, 15) is 8.78 Å². The summed E-state index contributed by atoms with van der Waals surface area (Å²) >= 11 is 0.947. The Balaban J connectivity index is 2.19. The average Bonchev–Trinajstić information content (AvgIpc) is 2.85. The number of nitrogens with zero attached hydrogens (tertiary/aromatic N) is 4. The second-order valence-corrected chi connectivity index (χ2v) is 4.23. The summed E-state index contributed by atoms with van der Waals surface area (Å²) in [6, 6.07) is 3.43. The molecule has 0 aliphatic heterocycles. The van der Waals surface area contributed by atoms with Gasteiger partial charge in [0.15, 0.2) is 5.16 Å². The van der Waals surface area contributed by atoms with Gasteiger partial charge < -0.3 is 4.74 Å². The third kappa shape index (κ3) is 2.95. The number of methoxy groups -OCH3 is 1. The van der Waals surface area contributed by atoms with Crippen LogP contribution in [0.25, 0.3) is 5.69 Å². The molecule has 0 fully saturated rings. The van der Waals surface area contributed by atoms with E-state index in [0.29, 0.717) is 16.7 Å². The van der Waals surface area contributed by atoms with E-state index in [-0.39, 0.29) is 5.75 Å². The van der Waals surface area contributed by atoms with Gasteiger partial charge in [0, 0.05) is 6.07 Å². The first kappa shape index (κ1) is 12.7. The van der Waals surface area contributed by atoms with Gasteiger partial charge in [-0.2, -0.15) is 0 Å². The Morgan fingerprint density at radius 1 is 1.44 bits per heavy atom. The second-order valence-electron chi connectivity index (χ2n) is 3.24. The monoisotopic (exact) mass is 272 g/mol. The van der Waals surface area contributed by atoms with Crippen LogP contribution in [0.5, 0.6) is 5.88 Å². The highest BCUT2D eigenvalue weighted by Gasteiger charge is 2.11. The molecule has 2 aromatic heterocycles. The van der Waals surface area contributed by atoms with Gasteiger partial charge in [0.2, 0.25) is 12.3 Å². The van der Waals surface area contributed by atoms with E-state index in [1.165, 1.54) is 13.4 Å². The lowest BCUT2D eigenvalue weighted by atomic mass is 10.4. The molecule has 5 nitrogen and oxygen atoms in total. The molecule has 0 spiro atoms. The highest BCUT2D eigenvalue weighted by molar-refractivity contribution is 7.99. The summed E-state index contributed by atoms with van der Waals surface area (Å²) in [5.41, 5.74) is 0.692. The molecule has 0 bridgehead atoms. The fourth-order valence-electron chi connectivity index (χ4n) is 1.27. The third-order valence-electron chi connectivity index (χ3n) is 2.06. The van der Waals surface area contributed by atoms with Crippen molar-refractivity contribution in [1.82, 2.24) is 19.7 Å². The van der Waals surface area contributed by atoms with Crippen LogP contribution in [0, 0.1) is 0 Å². The molecule has 2 aromatic rings. The summed E-state index contributed by atoms with van der Waals surface area (Å²) < 4.78 is 30.8. The van der Waals surface area contributed by atoms with Gasteiger partial charge in [0.1, 0.15) is 6.33 Å². The van der Waals surface area contributed by atoms with Crippen LogP contribution in [0.2, 0.25) is 0 Å². The maximum atomic E-state index is 12.2. The van der Waals surface area contributed by atoms with Gasteiger partial charge in [-0.15, -0.1) is 10.2 Å². The van der Waals surface area contributed by atoms with Crippen molar-refractivity contribution in [3.63, 3.8) is 0 Å². The molecule has 0 amide bonds. The first-order valence-corrected chi connectivity index (χ1v) is 6.00. The normalized spacial score (nSPS) is 10.9. The minimum Gasteiger partial charge on any atom is -0.481 e. The van der Waals surface area contributed by atoms with Crippen molar-refractivity contribution in [2.75, 3.05) is 12.9 Å². The molecule has 0 saturated heterocycles. The van der Waals surface area contributed by atoms with Crippen molar-refractivity contribution in [2.45, 2.75) is 11.6 Å². The lowest BCUT2D eigenvalue weighted by Crippen LogP contribution is -2.00. The van der Waals surface area contributed by atoms with Gasteiger partial charge in [0.25, 0.3) is 0 Å². The van der Waals surface area contributed by atoms with Crippen LogP contribution in [0.3, 0.4) is 0 Å². The molecule has 0 saturated carbocycles. The summed E-state index contributed by atoms with van der Waals surface area (Å²) in [5.74, 6) is 0.163. The van der Waals surface area contributed by atoms with E-state index < -0.39 is 6.43 Å². The SMILES string of the molecule is COc1ccc(-n2cnnc2SCC(F)F)cn1. The van der Waals surface area contributed by atoms with Crippen LogP contribution in [-0.2, 0) is 0 Å². The van der Waals surface area contributed by atoms with Crippen molar-refractivity contribution in [3.05, 3.63) is 24.7 Å². The van der Waals surface area contributed by atoms with Gasteiger partial charge in [0.05, 0.1) is 24.7 Å². The van der Waals surface area contributed by atoms with Crippen LogP contribution in [0.1, 0.15) is 0 Å². The Hall–Kier alpha value is -1.70. The lowest BCUT2D eigenvalue weighted by molar-refractivity contribution is 0.176. The maximum absolute atomic E-state index is 12.2. The molecule has 2 rings (SSSR count). The number of aromatic nitrogens is 4. The van der Waals surface area contributed by atoms with E-state index in [0.717, 1.165) is 11.8 Å². The van der Waals surface area contributed by atoms with Crippen LogP contribution in [-0.4, -0.2) is 39.0 Å². The standard InChI is InChI=1S/C10H10F2N4OS/c1-17-9-3-2-7(4-13-9)16-6-14-15-10(16)18-5-8(11)12/h2-4,6,8H,5H2,1H3. The van der Waals surface area contributed by atoms with E-state index in [1.54, 1.807) is 22.9 Å². The van der Waals surface area contributed by atoms with E-state index in [2.05, 4.69) is 15.2 Å². The zero-order valence-electron chi connectivity index (χ0n) is 9.46. The fraction of sp³-hybridized carbons (Fsp3) is 0.300. The second kappa shape index (κ2) is 5.76. The van der Waals surface area contributed by atoms with Gasteiger partial charge >= 0.3 is 0 Å². The Labute approximate surface area is 106 Å². The molecule has 0 radical (unpaired) electrons. The van der Waals surface area contributed by atoms with Crippen molar-refractivity contribution in [3.8, 4) is 11.6 Å². The molecule has 0 N–H and O–H groups in total. The van der Waals surface area contributed by atoms with Crippen molar-refractivity contribution in [1.29, 1.82) is 0 Å². The first-order chi connectivity index (χ1) is 8.70. The van der Waals surface area contributed by atoms with Gasteiger partial charge in [-0.3, -0.25) is 4.57 Å². The minimum atomic E-state index is -2.38. The van der Waals surface area contributed by atoms with Crippen molar-refractivity contribution >= 4 is 11.8 Å². The molecule has 0 aliphatic rings. The Kier molecular flexibility index (Phi) is 4.08. The number of thioether (sulfide) groups is 1. The van der Waals surface area contributed by atoms with Gasteiger partial charge in [-0.1, -0.05) is 11.8 Å². The Bertz CT molecular complexity index is 503. The quantitative estimate of drug-likeness (QED) is 0.779. The van der Waals surface area contributed by atoms with E-state index in [1.807, 2.05) is 0 Å². The average molecular weight is 272 g/mol. The molecule has 96 valence electrons. The Morgan fingerprint density at radius 3 is 2.89 bits per heavy atom. The molecule has 8 heteroatoms. The summed E-state index contributed by atoms with van der Waals surface area (Å²) in [6.07, 6.45) is 0.639. The van der Waals surface area contributed by atoms with Crippen LogP contribution in [0.15, 0.2) is 29.8 Å². The Morgan fingerprint density at radius 2 is 2.28 bits per heavy atom. The largest absolute Gasteiger partial charge is 0.481 e.